The van der Waals surface area contributed by atoms with Gasteiger partial charge in [0.1, 0.15) is 17.8 Å². The molecule has 2 atom stereocenters. The Hall–Kier alpha value is -6.55. The fraction of sp³-hybridized carbons (Fsp3) is 0.509. The van der Waals surface area contributed by atoms with Crippen LogP contribution in [0.5, 0.6) is 0 Å². The summed E-state index contributed by atoms with van der Waals surface area (Å²) in [6, 6.07) is 19.2. The van der Waals surface area contributed by atoms with Crippen molar-refractivity contribution in [2.75, 3.05) is 115 Å². The number of ether oxygens (including phenoxy) is 1. The average molecular weight is 1090 g/mol. The first-order valence-electron chi connectivity index (χ1n) is 27.6. The molecule has 416 valence electrons. The lowest BCUT2D eigenvalue weighted by molar-refractivity contribution is -0.135. The van der Waals surface area contributed by atoms with Crippen molar-refractivity contribution in [1.29, 1.82) is 0 Å². The number of piperidine rings is 3. The van der Waals surface area contributed by atoms with Crippen molar-refractivity contribution < 1.29 is 28.7 Å². The maximum Gasteiger partial charge on any atom is 0.272 e. The molecule has 1 unspecified atom stereocenters. The fourth-order valence-electron chi connectivity index (χ4n) is 10.9. The number of halogens is 1. The van der Waals surface area contributed by atoms with Crippen molar-refractivity contribution in [3.05, 3.63) is 101 Å². The standard InChI is InChI=1S/C57H75ClN14O6/c1-3-39-5-4-6-42(31-39)43-33-48(66-49(73)36-60-34-40-12-20-68(2)50(74)32-40)52(63-35-43)55(76)62-19-30-78-45-13-21-70(22-14-45)37-51(75)71-28-26-69(27-29-71)23-15-47(41-7-9-44(58)10-8-41)67-56(77)57(59)16-24-72(25-17-57)54-46-11-18-61-53(46)64-38-65-54/h4-11,18,31,33,35,38,40,45,47,60H,3,12-17,19-30,32,34,36-37,59H2,1-2H3,(H,62,76)(H,66,73)(H,67,77)(H,61,64,65)/t40?,47-/m0/s1. The number of benzene rings is 2. The van der Waals surface area contributed by atoms with Gasteiger partial charge in [0.2, 0.25) is 23.6 Å². The smallest absolute Gasteiger partial charge is 0.272 e. The third-order valence-corrected chi connectivity index (χ3v) is 16.2. The molecule has 78 heavy (non-hydrogen) atoms. The van der Waals surface area contributed by atoms with Gasteiger partial charge in [-0.25, -0.2) is 15.0 Å². The summed E-state index contributed by atoms with van der Waals surface area (Å²) in [4.78, 5) is 93.5. The highest BCUT2D eigenvalue weighted by Crippen LogP contribution is 2.30. The van der Waals surface area contributed by atoms with Gasteiger partial charge in [-0.1, -0.05) is 54.9 Å². The van der Waals surface area contributed by atoms with Crippen LogP contribution in [-0.2, 0) is 30.3 Å². The molecular weight excluding hydrogens is 1010 g/mol. The first-order chi connectivity index (χ1) is 37.8. The summed E-state index contributed by atoms with van der Waals surface area (Å²) in [5.74, 6) is 0.329. The second-order valence-electron chi connectivity index (χ2n) is 21.3. The number of piperazine rings is 1. The lowest BCUT2D eigenvalue weighted by Gasteiger charge is -2.40. The zero-order valence-corrected chi connectivity index (χ0v) is 45.7. The number of hydrogen-bond acceptors (Lipinski definition) is 14. The number of aromatic amines is 1. The van der Waals surface area contributed by atoms with Crippen LogP contribution in [0.2, 0.25) is 5.02 Å². The summed E-state index contributed by atoms with van der Waals surface area (Å²) in [5.41, 5.74) is 10.9. The maximum absolute atomic E-state index is 14.0. The molecular formula is C57H75ClN14O6. The lowest BCUT2D eigenvalue weighted by atomic mass is 9.87. The lowest BCUT2D eigenvalue weighted by Crippen LogP contribution is -2.60. The zero-order valence-electron chi connectivity index (χ0n) is 45.0. The third-order valence-electron chi connectivity index (χ3n) is 15.9. The summed E-state index contributed by atoms with van der Waals surface area (Å²) in [6.45, 7) is 10.4. The number of nitrogens with zero attached hydrogens (tertiary/aromatic N) is 8. The average Bonchev–Trinajstić information content (AvgIpc) is 3.99. The molecule has 4 fully saturated rings. The molecule has 0 radical (unpaired) electrons. The van der Waals surface area contributed by atoms with Gasteiger partial charge in [-0.05, 0) is 98.4 Å². The predicted octanol–water partition coefficient (Wildman–Crippen LogP) is 4.23. The number of fused-ring (bicyclic) bond motifs is 1. The van der Waals surface area contributed by atoms with Gasteiger partial charge in [0.05, 0.1) is 48.5 Å². The Bertz CT molecular complexity index is 2860. The summed E-state index contributed by atoms with van der Waals surface area (Å²) in [6.07, 6.45) is 10.4. The number of likely N-dealkylation sites (tertiary alicyclic amines) is 2. The Balaban J connectivity index is 0.686. The van der Waals surface area contributed by atoms with Gasteiger partial charge in [-0.3, -0.25) is 33.8 Å². The molecule has 0 bridgehead atoms. The van der Waals surface area contributed by atoms with Crippen LogP contribution < -0.4 is 31.9 Å². The minimum absolute atomic E-state index is 0.000504. The number of rotatable bonds is 21. The molecule has 7 N–H and O–H groups in total. The molecule has 5 amide bonds. The zero-order chi connectivity index (χ0) is 54.6. The molecule has 20 nitrogen and oxygen atoms in total. The molecule has 2 aromatic carbocycles. The number of hydrogen-bond donors (Lipinski definition) is 6. The SMILES string of the molecule is CCc1cccc(-c2cnc(C(=O)NCCOC3CCN(CC(=O)N4CCN(CC[C@H](NC(=O)C5(N)CCN(c6ncnc7[nH]ccc67)CC5)c5ccc(Cl)cc5)CC4)CC3)c(NC(=O)CNCC3CCN(C)C(=O)C3)c2)c1. The molecule has 0 aliphatic carbocycles. The second kappa shape index (κ2) is 26.4. The van der Waals surface area contributed by atoms with Crippen molar-refractivity contribution in [1.82, 2.24) is 55.5 Å². The van der Waals surface area contributed by atoms with Gasteiger partial charge in [0, 0.05) is 108 Å². The summed E-state index contributed by atoms with van der Waals surface area (Å²) >= 11 is 6.27. The molecule has 4 aliphatic rings. The highest BCUT2D eigenvalue weighted by Gasteiger charge is 2.39. The van der Waals surface area contributed by atoms with Crippen molar-refractivity contribution in [3.63, 3.8) is 0 Å². The molecule has 7 heterocycles. The van der Waals surface area contributed by atoms with E-state index in [1.807, 2.05) is 60.6 Å². The Labute approximate surface area is 461 Å². The largest absolute Gasteiger partial charge is 0.376 e. The number of nitrogens with two attached hydrogens (primary N) is 1. The highest BCUT2D eigenvalue weighted by molar-refractivity contribution is 6.30. The molecule has 21 heteroatoms. The van der Waals surface area contributed by atoms with Crippen LogP contribution in [0, 0.1) is 5.92 Å². The van der Waals surface area contributed by atoms with Crippen LogP contribution in [0.4, 0.5) is 11.5 Å². The minimum atomic E-state index is -1.03. The van der Waals surface area contributed by atoms with E-state index >= 15 is 0 Å². The maximum atomic E-state index is 14.0. The van der Waals surface area contributed by atoms with Gasteiger partial charge in [-0.15, -0.1) is 0 Å². The summed E-state index contributed by atoms with van der Waals surface area (Å²) < 4.78 is 6.20. The fourth-order valence-corrected chi connectivity index (χ4v) is 11.1. The molecule has 9 rings (SSSR count). The highest BCUT2D eigenvalue weighted by atomic mass is 35.5. The van der Waals surface area contributed by atoms with Gasteiger partial charge < -0.3 is 51.4 Å². The van der Waals surface area contributed by atoms with Gasteiger partial charge in [0.25, 0.3) is 5.91 Å². The molecule has 5 aromatic rings. The number of aryl methyl sites for hydroxylation is 1. The van der Waals surface area contributed by atoms with Crippen molar-refractivity contribution >= 4 is 63.7 Å². The number of carbonyl (C=O) groups excluding carboxylic acids is 5. The quantitative estimate of drug-likeness (QED) is 0.0565. The van der Waals surface area contributed by atoms with Gasteiger partial charge in [-0.2, -0.15) is 0 Å². The Morgan fingerprint density at radius 2 is 1.68 bits per heavy atom. The third kappa shape index (κ3) is 14.6. The number of nitrogens with one attached hydrogen (secondary N) is 5. The number of carbonyl (C=O) groups is 5. The number of anilines is 2. The van der Waals surface area contributed by atoms with E-state index in [1.54, 1.807) is 23.5 Å². The number of pyridine rings is 1. The van der Waals surface area contributed by atoms with Crippen LogP contribution in [0.25, 0.3) is 22.2 Å². The van der Waals surface area contributed by atoms with Crippen LogP contribution in [0.15, 0.2) is 79.4 Å². The normalized spacial score (nSPS) is 18.9. The van der Waals surface area contributed by atoms with E-state index in [1.165, 1.54) is 0 Å². The van der Waals surface area contributed by atoms with Crippen LogP contribution in [-0.4, -0.2) is 186 Å². The second-order valence-corrected chi connectivity index (χ2v) is 21.7. The Kier molecular flexibility index (Phi) is 19.0. The molecule has 0 spiro atoms. The van der Waals surface area contributed by atoms with Crippen LogP contribution in [0.1, 0.15) is 79.5 Å². The van der Waals surface area contributed by atoms with Crippen LogP contribution >= 0.6 is 11.6 Å². The number of H-pyrrole nitrogens is 1. The van der Waals surface area contributed by atoms with Crippen LogP contribution in [0.3, 0.4) is 0 Å². The van der Waals surface area contributed by atoms with Crippen molar-refractivity contribution in [2.24, 2.45) is 11.7 Å². The molecule has 3 aromatic heterocycles. The number of amides is 5. The topological polar surface area (TPSA) is 239 Å². The van der Waals surface area contributed by atoms with Crippen molar-refractivity contribution in [2.45, 2.75) is 76.0 Å². The Morgan fingerprint density at radius 3 is 2.44 bits per heavy atom. The molecule has 4 aliphatic heterocycles. The van der Waals surface area contributed by atoms with E-state index in [2.05, 4.69) is 75.0 Å². The van der Waals surface area contributed by atoms with E-state index < -0.39 is 11.4 Å². The minimum Gasteiger partial charge on any atom is -0.376 e. The summed E-state index contributed by atoms with van der Waals surface area (Å²) in [7, 11) is 1.81. The van der Waals surface area contributed by atoms with Gasteiger partial charge in [0.15, 0.2) is 5.69 Å². The first-order valence-corrected chi connectivity index (χ1v) is 28.0. The van der Waals surface area contributed by atoms with E-state index in [9.17, 15) is 24.0 Å². The number of aromatic nitrogens is 4. The van der Waals surface area contributed by atoms with E-state index in [0.29, 0.717) is 88.8 Å². The van der Waals surface area contributed by atoms with E-state index in [0.717, 1.165) is 97.5 Å². The Morgan fingerprint density at radius 1 is 0.897 bits per heavy atom. The van der Waals surface area contributed by atoms with E-state index in [4.69, 9.17) is 22.1 Å². The predicted molar refractivity (Wildman–Crippen MR) is 301 cm³/mol. The van der Waals surface area contributed by atoms with E-state index in [-0.39, 0.29) is 60.5 Å². The molecule has 0 saturated carbocycles. The van der Waals surface area contributed by atoms with Crippen molar-refractivity contribution in [3.8, 4) is 11.1 Å². The van der Waals surface area contributed by atoms with Gasteiger partial charge >= 0.3 is 0 Å². The first kappa shape index (κ1) is 56.2. The summed E-state index contributed by atoms with van der Waals surface area (Å²) in [5, 5.41) is 13.9. The monoisotopic (exact) mass is 1090 g/mol. The molecule has 4 saturated heterocycles.